The van der Waals surface area contributed by atoms with Crippen LogP contribution in [0, 0.1) is 6.92 Å². The Balaban J connectivity index is 1.43. The Kier molecular flexibility index (Phi) is 6.47. The number of nitrogens with zero attached hydrogens (tertiary/aromatic N) is 6. The maximum atomic E-state index is 13.7. The summed E-state index contributed by atoms with van der Waals surface area (Å²) in [7, 11) is 3.53. The molecule has 1 saturated heterocycles. The van der Waals surface area contributed by atoms with Gasteiger partial charge >= 0.3 is 0 Å². The second-order valence-corrected chi connectivity index (χ2v) is 9.97. The monoisotopic (exact) mass is 504 g/mol. The predicted molar refractivity (Wildman–Crippen MR) is 138 cm³/mol. The van der Waals surface area contributed by atoms with Crippen molar-refractivity contribution in [3.63, 3.8) is 0 Å². The van der Waals surface area contributed by atoms with Crippen LogP contribution in [0.25, 0.3) is 22.2 Å². The van der Waals surface area contributed by atoms with E-state index in [0.717, 1.165) is 35.2 Å². The lowest BCUT2D eigenvalue weighted by atomic mass is 10.0. The number of amides is 1. The van der Waals surface area contributed by atoms with E-state index < -0.39 is 5.60 Å². The Morgan fingerprint density at radius 2 is 1.95 bits per heavy atom. The molecule has 1 fully saturated rings. The van der Waals surface area contributed by atoms with E-state index in [1.807, 2.05) is 47.8 Å². The summed E-state index contributed by atoms with van der Waals surface area (Å²) in [6.45, 7) is 8.57. The van der Waals surface area contributed by atoms with Gasteiger partial charge < -0.3 is 23.7 Å². The highest BCUT2D eigenvalue weighted by Crippen LogP contribution is 2.35. The van der Waals surface area contributed by atoms with Crippen LogP contribution in [0.2, 0.25) is 0 Å². The molecule has 0 aliphatic carbocycles. The van der Waals surface area contributed by atoms with Crippen LogP contribution in [-0.4, -0.2) is 73.6 Å². The van der Waals surface area contributed by atoms with Crippen molar-refractivity contribution in [2.24, 2.45) is 7.05 Å². The summed E-state index contributed by atoms with van der Waals surface area (Å²) in [6, 6.07) is 5.60. The van der Waals surface area contributed by atoms with Crippen molar-refractivity contribution in [2.45, 2.75) is 32.9 Å². The summed E-state index contributed by atoms with van der Waals surface area (Å²) in [5, 5.41) is 11.3. The Labute approximate surface area is 215 Å². The molecule has 0 radical (unpaired) electrons. The number of methoxy groups -OCH3 is 1. The van der Waals surface area contributed by atoms with Gasteiger partial charge in [0.2, 0.25) is 0 Å². The number of aryl methyl sites for hydroxylation is 2. The van der Waals surface area contributed by atoms with E-state index in [0.29, 0.717) is 48.4 Å². The topological polar surface area (TPSA) is 110 Å². The molecule has 1 amide bonds. The van der Waals surface area contributed by atoms with Crippen LogP contribution in [0.4, 0.5) is 0 Å². The van der Waals surface area contributed by atoms with Gasteiger partial charge in [-0.2, -0.15) is 0 Å². The quantitative estimate of drug-likeness (QED) is 0.427. The lowest BCUT2D eigenvalue weighted by Gasteiger charge is -2.34. The highest BCUT2D eigenvalue weighted by atomic mass is 16.5. The third-order valence-corrected chi connectivity index (χ3v) is 6.73. The SMILES string of the molecule is COc1cc2c(cc1C(=O)N1CCN(Cc3coc(C)n3)CC1)c(-c1ccnc(C(C)(C)O)n1)cn2C. The first-order valence-electron chi connectivity index (χ1n) is 12.3. The summed E-state index contributed by atoms with van der Waals surface area (Å²) in [6.07, 6.45) is 5.30. The van der Waals surface area contributed by atoms with Crippen molar-refractivity contribution in [1.29, 1.82) is 0 Å². The lowest BCUT2D eigenvalue weighted by Crippen LogP contribution is -2.48. The number of carbonyl (C=O) groups is 1. The molecule has 0 bridgehead atoms. The fourth-order valence-electron chi connectivity index (χ4n) is 4.74. The zero-order valence-corrected chi connectivity index (χ0v) is 21.9. The molecule has 0 spiro atoms. The van der Waals surface area contributed by atoms with E-state index in [9.17, 15) is 9.90 Å². The number of hydrogen-bond acceptors (Lipinski definition) is 8. The Morgan fingerprint density at radius 3 is 2.59 bits per heavy atom. The van der Waals surface area contributed by atoms with Gasteiger partial charge in [-0.1, -0.05) is 0 Å². The summed E-state index contributed by atoms with van der Waals surface area (Å²) >= 11 is 0. The Hall–Kier alpha value is -3.76. The molecular weight excluding hydrogens is 472 g/mol. The van der Waals surface area contributed by atoms with Gasteiger partial charge in [-0.05, 0) is 26.0 Å². The zero-order valence-electron chi connectivity index (χ0n) is 21.9. The summed E-state index contributed by atoms with van der Waals surface area (Å²) in [5.41, 5.74) is 2.70. The lowest BCUT2D eigenvalue weighted by molar-refractivity contribution is 0.0623. The van der Waals surface area contributed by atoms with Crippen LogP contribution in [0.5, 0.6) is 5.75 Å². The van der Waals surface area contributed by atoms with Crippen LogP contribution in [-0.2, 0) is 19.2 Å². The average molecular weight is 505 g/mol. The number of carbonyl (C=O) groups excluding carboxylic acids is 1. The summed E-state index contributed by atoms with van der Waals surface area (Å²) < 4.78 is 12.9. The molecule has 0 saturated carbocycles. The van der Waals surface area contributed by atoms with Gasteiger partial charge in [-0.25, -0.2) is 15.0 Å². The van der Waals surface area contributed by atoms with Crippen molar-refractivity contribution in [2.75, 3.05) is 33.3 Å². The fourth-order valence-corrected chi connectivity index (χ4v) is 4.74. The molecule has 4 heterocycles. The standard InChI is InChI=1S/C27H32N6O4/c1-17-29-18(16-37-17)14-32-8-10-33(11-9-32)25(34)20-12-19-21(15-31(4)23(19)13-24(20)36-5)22-6-7-28-26(30-22)27(2,3)35/h6-7,12-13,15-16,35H,8-11,14H2,1-5H3. The molecule has 1 aliphatic heterocycles. The average Bonchev–Trinajstić information content (AvgIpc) is 3.44. The van der Waals surface area contributed by atoms with Gasteiger partial charge in [0.05, 0.1) is 29.6 Å². The number of ether oxygens (including phenoxy) is 1. The number of hydrogen-bond donors (Lipinski definition) is 1. The van der Waals surface area contributed by atoms with Crippen LogP contribution in [0.3, 0.4) is 0 Å². The van der Waals surface area contributed by atoms with Gasteiger partial charge in [0.1, 0.15) is 17.6 Å². The first-order chi connectivity index (χ1) is 17.6. The smallest absolute Gasteiger partial charge is 0.257 e. The first-order valence-corrected chi connectivity index (χ1v) is 12.3. The molecule has 10 heteroatoms. The largest absolute Gasteiger partial charge is 0.496 e. The molecule has 1 aromatic carbocycles. The highest BCUT2D eigenvalue weighted by Gasteiger charge is 2.27. The molecular formula is C27H32N6O4. The number of piperazine rings is 1. The van der Waals surface area contributed by atoms with E-state index in [-0.39, 0.29) is 5.91 Å². The highest BCUT2D eigenvalue weighted by molar-refractivity contribution is 6.05. The second-order valence-electron chi connectivity index (χ2n) is 9.97. The van der Waals surface area contributed by atoms with Crippen LogP contribution in [0.15, 0.2) is 41.3 Å². The van der Waals surface area contributed by atoms with Crippen LogP contribution >= 0.6 is 0 Å². The number of oxazole rings is 1. The van der Waals surface area contributed by atoms with Crippen LogP contribution < -0.4 is 4.74 Å². The van der Waals surface area contributed by atoms with Crippen molar-refractivity contribution in [3.05, 3.63) is 59.8 Å². The maximum absolute atomic E-state index is 13.7. The second kappa shape index (κ2) is 9.60. The van der Waals surface area contributed by atoms with Gasteiger partial charge in [0.25, 0.3) is 5.91 Å². The van der Waals surface area contributed by atoms with Crippen molar-refractivity contribution >= 4 is 16.8 Å². The number of aliphatic hydroxyl groups is 1. The van der Waals surface area contributed by atoms with E-state index >= 15 is 0 Å². The molecule has 4 aromatic rings. The third kappa shape index (κ3) is 4.94. The normalized spacial score (nSPS) is 14.9. The summed E-state index contributed by atoms with van der Waals surface area (Å²) in [5.74, 6) is 1.46. The van der Waals surface area contributed by atoms with Crippen molar-refractivity contribution in [1.82, 2.24) is 29.3 Å². The summed E-state index contributed by atoms with van der Waals surface area (Å²) in [4.78, 5) is 31.0. The fraction of sp³-hybridized carbons (Fsp3) is 0.407. The molecule has 3 aromatic heterocycles. The van der Waals surface area contributed by atoms with Gasteiger partial charge in [-0.3, -0.25) is 9.69 Å². The number of fused-ring (bicyclic) bond motifs is 1. The van der Waals surface area contributed by atoms with E-state index in [1.54, 1.807) is 33.4 Å². The van der Waals surface area contributed by atoms with E-state index in [1.165, 1.54) is 0 Å². The maximum Gasteiger partial charge on any atom is 0.257 e. The first kappa shape index (κ1) is 24.9. The Bertz CT molecular complexity index is 1440. The zero-order chi connectivity index (χ0) is 26.3. The molecule has 0 atom stereocenters. The minimum atomic E-state index is -1.17. The molecule has 37 heavy (non-hydrogen) atoms. The van der Waals surface area contributed by atoms with Gasteiger partial charge in [0, 0.05) is 76.1 Å². The number of aromatic nitrogens is 4. The van der Waals surface area contributed by atoms with Crippen molar-refractivity contribution in [3.8, 4) is 17.0 Å². The minimum absolute atomic E-state index is 0.0645. The number of rotatable bonds is 6. The third-order valence-electron chi connectivity index (χ3n) is 6.73. The van der Waals surface area contributed by atoms with Gasteiger partial charge in [0.15, 0.2) is 11.7 Å². The Morgan fingerprint density at radius 1 is 1.19 bits per heavy atom. The number of benzene rings is 1. The molecule has 1 N–H and O–H groups in total. The molecule has 0 unspecified atom stereocenters. The van der Waals surface area contributed by atoms with Crippen LogP contribution in [0.1, 0.15) is 41.6 Å². The minimum Gasteiger partial charge on any atom is -0.496 e. The molecule has 10 nitrogen and oxygen atoms in total. The molecule has 194 valence electrons. The van der Waals surface area contributed by atoms with Gasteiger partial charge in [-0.15, -0.1) is 0 Å². The van der Waals surface area contributed by atoms with Crippen molar-refractivity contribution < 1.29 is 19.1 Å². The predicted octanol–water partition coefficient (Wildman–Crippen LogP) is 3.13. The molecule has 1 aliphatic rings. The molecule has 5 rings (SSSR count). The van der Waals surface area contributed by atoms with E-state index in [4.69, 9.17) is 9.15 Å². The van der Waals surface area contributed by atoms with E-state index in [2.05, 4.69) is 19.9 Å².